The molecule has 1 saturated carbocycles. The molecule has 0 aromatic carbocycles. The first-order valence-electron chi connectivity index (χ1n) is 11.0. The summed E-state index contributed by atoms with van der Waals surface area (Å²) in [7, 11) is 1.38. The van der Waals surface area contributed by atoms with E-state index in [9.17, 15) is 9.59 Å². The Bertz CT molecular complexity index is 954. The molecule has 3 rings (SSSR count). The molecule has 0 atom stereocenters. The highest BCUT2D eigenvalue weighted by molar-refractivity contribution is 5.89. The van der Waals surface area contributed by atoms with Crippen molar-refractivity contribution in [1.29, 1.82) is 0 Å². The summed E-state index contributed by atoms with van der Waals surface area (Å²) in [6, 6.07) is 1.91. The number of aromatic nitrogens is 4. The average molecular weight is 428 g/mol. The van der Waals surface area contributed by atoms with E-state index in [4.69, 9.17) is 4.74 Å². The van der Waals surface area contributed by atoms with E-state index in [1.54, 1.807) is 4.68 Å². The van der Waals surface area contributed by atoms with Gasteiger partial charge in [0.05, 0.1) is 19.2 Å². The Morgan fingerprint density at radius 1 is 1.16 bits per heavy atom. The van der Waals surface area contributed by atoms with Crippen molar-refractivity contribution in [2.45, 2.75) is 78.7 Å². The number of hydrogen-bond acceptors (Lipinski definition) is 6. The lowest BCUT2D eigenvalue weighted by atomic mass is 9.75. The van der Waals surface area contributed by atoms with Crippen LogP contribution in [-0.4, -0.2) is 44.3 Å². The Balaban J connectivity index is 1.81. The van der Waals surface area contributed by atoms with Crippen LogP contribution in [0, 0.1) is 33.6 Å². The Kier molecular flexibility index (Phi) is 6.77. The summed E-state index contributed by atoms with van der Waals surface area (Å²) in [4.78, 5) is 34.6. The zero-order chi connectivity index (χ0) is 22.8. The Morgan fingerprint density at radius 3 is 2.32 bits per heavy atom. The van der Waals surface area contributed by atoms with E-state index in [0.717, 1.165) is 47.6 Å². The molecule has 0 aliphatic heterocycles. The van der Waals surface area contributed by atoms with Crippen molar-refractivity contribution in [1.82, 2.24) is 25.1 Å². The van der Waals surface area contributed by atoms with E-state index >= 15 is 0 Å². The molecule has 1 N–H and O–H groups in total. The van der Waals surface area contributed by atoms with E-state index in [0.29, 0.717) is 24.7 Å². The molecule has 1 amide bonds. The number of methoxy groups -OCH3 is 1. The zero-order valence-electron chi connectivity index (χ0n) is 19.4. The zero-order valence-corrected chi connectivity index (χ0v) is 19.4. The molecule has 168 valence electrons. The number of nitrogens with one attached hydrogen (secondary N) is 1. The first-order chi connectivity index (χ1) is 14.7. The number of esters is 1. The van der Waals surface area contributed by atoms with Gasteiger partial charge in [-0.1, -0.05) is 13.3 Å². The van der Waals surface area contributed by atoms with Gasteiger partial charge in [-0.05, 0) is 65.4 Å². The molecule has 0 unspecified atom stereocenters. The molecule has 0 spiro atoms. The highest BCUT2D eigenvalue weighted by Crippen LogP contribution is 2.34. The van der Waals surface area contributed by atoms with Crippen LogP contribution < -0.4 is 5.32 Å². The summed E-state index contributed by atoms with van der Waals surface area (Å²) in [5, 5.41) is 7.59. The minimum Gasteiger partial charge on any atom is -0.467 e. The summed E-state index contributed by atoms with van der Waals surface area (Å²) in [5.74, 6) is 0.527. The van der Waals surface area contributed by atoms with Gasteiger partial charge in [0, 0.05) is 22.6 Å². The van der Waals surface area contributed by atoms with Gasteiger partial charge in [0.15, 0.2) is 0 Å². The van der Waals surface area contributed by atoms with Crippen molar-refractivity contribution in [2.75, 3.05) is 7.11 Å². The number of carbonyl (C=O) groups is 2. The first kappa shape index (κ1) is 22.9. The van der Waals surface area contributed by atoms with Crippen LogP contribution in [0.3, 0.4) is 0 Å². The van der Waals surface area contributed by atoms with Gasteiger partial charge >= 0.3 is 5.97 Å². The number of ether oxygens (including phenoxy) is 1. The van der Waals surface area contributed by atoms with Crippen LogP contribution in [-0.2, 0) is 20.7 Å². The fourth-order valence-electron chi connectivity index (χ4n) is 4.55. The number of aryl methyl sites for hydroxylation is 3. The molecule has 8 heteroatoms. The van der Waals surface area contributed by atoms with Crippen molar-refractivity contribution in [2.24, 2.45) is 5.92 Å². The van der Waals surface area contributed by atoms with Crippen LogP contribution in [0.2, 0.25) is 0 Å². The summed E-state index contributed by atoms with van der Waals surface area (Å²) < 4.78 is 6.74. The normalized spacial score (nSPS) is 21.0. The van der Waals surface area contributed by atoms with Crippen LogP contribution in [0.4, 0.5) is 0 Å². The largest absolute Gasteiger partial charge is 0.467 e. The Hall–Kier alpha value is -2.77. The third-order valence-corrected chi connectivity index (χ3v) is 6.43. The SMILES string of the molecule is CCC1CCC(NC(=O)Cc2c(C)nn(-c3nc(C)cc(C)n3)c2C)(C(=O)OC)CC1. The van der Waals surface area contributed by atoms with Gasteiger partial charge in [0.2, 0.25) is 5.91 Å². The van der Waals surface area contributed by atoms with Crippen molar-refractivity contribution >= 4 is 11.9 Å². The lowest BCUT2D eigenvalue weighted by Crippen LogP contribution is -2.57. The topological polar surface area (TPSA) is 99.0 Å². The van der Waals surface area contributed by atoms with Crippen molar-refractivity contribution in [3.63, 3.8) is 0 Å². The summed E-state index contributed by atoms with van der Waals surface area (Å²) in [5.41, 5.74) is 3.17. The Morgan fingerprint density at radius 2 is 1.77 bits per heavy atom. The van der Waals surface area contributed by atoms with Crippen molar-refractivity contribution in [3.8, 4) is 5.95 Å². The minimum atomic E-state index is -0.938. The maximum Gasteiger partial charge on any atom is 0.331 e. The summed E-state index contributed by atoms with van der Waals surface area (Å²) >= 11 is 0. The summed E-state index contributed by atoms with van der Waals surface area (Å²) in [6.07, 6.45) is 4.26. The molecule has 0 bridgehead atoms. The molecule has 1 aliphatic carbocycles. The number of carbonyl (C=O) groups excluding carboxylic acids is 2. The van der Waals surface area contributed by atoms with E-state index in [1.165, 1.54) is 7.11 Å². The molecule has 2 heterocycles. The molecule has 0 radical (unpaired) electrons. The molecule has 0 saturated heterocycles. The van der Waals surface area contributed by atoms with Gasteiger partial charge < -0.3 is 10.1 Å². The van der Waals surface area contributed by atoms with E-state index < -0.39 is 5.54 Å². The second-order valence-corrected chi connectivity index (χ2v) is 8.66. The fraction of sp³-hybridized carbons (Fsp3) is 0.609. The van der Waals surface area contributed by atoms with Crippen molar-refractivity contribution in [3.05, 3.63) is 34.4 Å². The third-order valence-electron chi connectivity index (χ3n) is 6.43. The minimum absolute atomic E-state index is 0.137. The standard InChI is InChI=1S/C23H33N5O3/c1-7-18-8-10-23(11-9-18,21(30)31-6)26-20(29)13-19-16(4)27-28(17(19)5)22-24-14(2)12-15(3)25-22/h12,18H,7-11,13H2,1-6H3,(H,26,29). The molecule has 2 aromatic heterocycles. The van der Waals surface area contributed by atoms with Crippen LogP contribution in [0.5, 0.6) is 0 Å². The number of hydrogen-bond donors (Lipinski definition) is 1. The fourth-order valence-corrected chi connectivity index (χ4v) is 4.55. The third kappa shape index (κ3) is 4.78. The molecule has 1 fully saturated rings. The molecule has 31 heavy (non-hydrogen) atoms. The first-order valence-corrected chi connectivity index (χ1v) is 11.0. The molecule has 2 aromatic rings. The van der Waals surface area contributed by atoms with Crippen LogP contribution in [0.15, 0.2) is 6.07 Å². The van der Waals surface area contributed by atoms with Gasteiger partial charge in [-0.15, -0.1) is 0 Å². The van der Waals surface area contributed by atoms with Gasteiger partial charge in [-0.2, -0.15) is 5.10 Å². The van der Waals surface area contributed by atoms with Crippen LogP contribution >= 0.6 is 0 Å². The maximum absolute atomic E-state index is 13.0. The van der Waals surface area contributed by atoms with Crippen molar-refractivity contribution < 1.29 is 14.3 Å². The van der Waals surface area contributed by atoms with Gasteiger partial charge in [-0.25, -0.2) is 19.4 Å². The second kappa shape index (κ2) is 9.16. The predicted molar refractivity (Wildman–Crippen MR) is 117 cm³/mol. The lowest BCUT2D eigenvalue weighted by molar-refractivity contribution is -0.153. The van der Waals surface area contributed by atoms with E-state index in [1.807, 2.05) is 33.8 Å². The lowest BCUT2D eigenvalue weighted by Gasteiger charge is -2.38. The average Bonchev–Trinajstić information content (AvgIpc) is 3.01. The maximum atomic E-state index is 13.0. The monoisotopic (exact) mass is 427 g/mol. The molecular formula is C23H33N5O3. The number of nitrogens with zero attached hydrogens (tertiary/aromatic N) is 4. The number of amides is 1. The van der Waals surface area contributed by atoms with E-state index in [-0.39, 0.29) is 18.3 Å². The van der Waals surface area contributed by atoms with Gasteiger partial charge in [0.25, 0.3) is 5.95 Å². The smallest absolute Gasteiger partial charge is 0.331 e. The van der Waals surface area contributed by atoms with Gasteiger partial charge in [-0.3, -0.25) is 4.79 Å². The quantitative estimate of drug-likeness (QED) is 0.712. The number of rotatable bonds is 6. The molecule has 1 aliphatic rings. The van der Waals surface area contributed by atoms with E-state index in [2.05, 4.69) is 27.3 Å². The molecular weight excluding hydrogens is 394 g/mol. The Labute approximate surface area is 183 Å². The summed E-state index contributed by atoms with van der Waals surface area (Å²) in [6.45, 7) is 9.77. The molecule has 8 nitrogen and oxygen atoms in total. The van der Waals surface area contributed by atoms with Gasteiger partial charge in [0.1, 0.15) is 5.54 Å². The highest BCUT2D eigenvalue weighted by atomic mass is 16.5. The van der Waals surface area contributed by atoms with Crippen LogP contribution in [0.1, 0.15) is 67.4 Å². The predicted octanol–water partition coefficient (Wildman–Crippen LogP) is 3.07. The second-order valence-electron chi connectivity index (χ2n) is 8.66. The highest BCUT2D eigenvalue weighted by Gasteiger charge is 2.43. The van der Waals surface area contributed by atoms with Crippen LogP contribution in [0.25, 0.3) is 5.95 Å².